The number of halogens is 7. The van der Waals surface area contributed by atoms with Crippen molar-refractivity contribution in [3.05, 3.63) is 151 Å². The SMILES string of the molecule is C.C[C@@H](Nc1ncnc2c1cc(Br)c(=O)n2C)c1cccc(C(F)F)c1F.C[C@@H](Nc1ncnc2c1cc(Sc1ccccc1)c(=O)n2C)c1cccc(C(F)F)c1F. The van der Waals surface area contributed by atoms with Crippen LogP contribution in [-0.4, -0.2) is 29.1 Å². The van der Waals surface area contributed by atoms with E-state index in [2.05, 4.69) is 46.5 Å². The number of hydrogen-bond donors (Lipinski definition) is 2. The molecular weight excluding hydrogens is 862 g/mol. The van der Waals surface area contributed by atoms with Crippen molar-refractivity contribution in [2.75, 3.05) is 10.6 Å². The first-order valence-electron chi connectivity index (χ1n) is 17.4. The highest BCUT2D eigenvalue weighted by Gasteiger charge is 2.22. The zero-order valence-electron chi connectivity index (χ0n) is 31.0. The minimum absolute atomic E-state index is 0. The molecule has 4 aromatic heterocycles. The molecule has 0 saturated heterocycles. The quantitative estimate of drug-likeness (QED) is 0.129. The lowest BCUT2D eigenvalue weighted by atomic mass is 10.0. The van der Waals surface area contributed by atoms with E-state index in [1.54, 1.807) is 40.1 Å². The maximum absolute atomic E-state index is 14.6. The second kappa shape index (κ2) is 18.9. The van der Waals surface area contributed by atoms with Gasteiger partial charge in [-0.1, -0.05) is 73.8 Å². The van der Waals surface area contributed by atoms with E-state index >= 15 is 0 Å². The third-order valence-corrected chi connectivity index (χ3v) is 10.7. The highest BCUT2D eigenvalue weighted by atomic mass is 79.9. The summed E-state index contributed by atoms with van der Waals surface area (Å²) in [6.45, 7) is 3.29. The van der Waals surface area contributed by atoms with Crippen LogP contribution in [-0.2, 0) is 14.1 Å². The molecule has 0 aliphatic carbocycles. The Morgan fingerprint density at radius 1 is 0.627 bits per heavy atom. The van der Waals surface area contributed by atoms with Gasteiger partial charge in [-0.3, -0.25) is 18.7 Å². The summed E-state index contributed by atoms with van der Waals surface area (Å²) in [6.07, 6.45) is -3.23. The number of aryl methyl sites for hydroxylation is 2. The molecule has 10 nitrogen and oxygen atoms in total. The number of aromatic nitrogens is 6. The molecule has 7 rings (SSSR count). The van der Waals surface area contributed by atoms with E-state index in [0.29, 0.717) is 43.1 Å². The van der Waals surface area contributed by atoms with Crippen molar-refractivity contribution >= 4 is 61.4 Å². The summed E-state index contributed by atoms with van der Waals surface area (Å²) >= 11 is 4.50. The summed E-state index contributed by atoms with van der Waals surface area (Å²) in [5.41, 5.74) is -0.771. The van der Waals surface area contributed by atoms with Gasteiger partial charge in [0, 0.05) is 30.1 Å². The fourth-order valence-corrected chi connectivity index (χ4v) is 7.54. The topological polar surface area (TPSA) is 120 Å². The number of pyridine rings is 2. The molecule has 308 valence electrons. The number of anilines is 2. The highest BCUT2D eigenvalue weighted by molar-refractivity contribution is 9.10. The Kier molecular flexibility index (Phi) is 14.2. The average Bonchev–Trinajstić information content (AvgIpc) is 3.20. The lowest BCUT2D eigenvalue weighted by Crippen LogP contribution is -2.20. The van der Waals surface area contributed by atoms with Crippen LogP contribution in [0.5, 0.6) is 0 Å². The summed E-state index contributed by atoms with van der Waals surface area (Å²) in [6, 6.07) is 19.2. The van der Waals surface area contributed by atoms with Crippen LogP contribution in [0, 0.1) is 11.6 Å². The molecule has 59 heavy (non-hydrogen) atoms. The zero-order valence-corrected chi connectivity index (χ0v) is 33.4. The first-order chi connectivity index (χ1) is 27.7. The van der Waals surface area contributed by atoms with Crippen LogP contribution in [0.25, 0.3) is 22.1 Å². The number of benzene rings is 3. The van der Waals surface area contributed by atoms with E-state index < -0.39 is 47.7 Å². The zero-order chi connectivity index (χ0) is 41.8. The molecular formula is C41H37BrF6N8O2S. The summed E-state index contributed by atoms with van der Waals surface area (Å²) < 4.78 is 84.1. The summed E-state index contributed by atoms with van der Waals surface area (Å²) in [7, 11) is 3.19. The predicted molar refractivity (Wildman–Crippen MR) is 221 cm³/mol. The third-order valence-electron chi connectivity index (χ3n) is 9.13. The van der Waals surface area contributed by atoms with E-state index in [4.69, 9.17) is 0 Å². The van der Waals surface area contributed by atoms with Crippen LogP contribution >= 0.6 is 27.7 Å². The van der Waals surface area contributed by atoms with Gasteiger partial charge in [-0.15, -0.1) is 0 Å². The lowest BCUT2D eigenvalue weighted by Gasteiger charge is -2.19. The van der Waals surface area contributed by atoms with E-state index in [0.717, 1.165) is 17.0 Å². The molecule has 2 N–H and O–H groups in total. The van der Waals surface area contributed by atoms with Gasteiger partial charge in [0.15, 0.2) is 0 Å². The smallest absolute Gasteiger partial charge is 0.266 e. The Labute approximate surface area is 346 Å². The minimum atomic E-state index is -2.91. The van der Waals surface area contributed by atoms with E-state index in [-0.39, 0.29) is 29.7 Å². The van der Waals surface area contributed by atoms with Gasteiger partial charge in [-0.05, 0) is 54.0 Å². The van der Waals surface area contributed by atoms with Crippen molar-refractivity contribution in [2.45, 2.75) is 56.0 Å². The molecule has 0 unspecified atom stereocenters. The van der Waals surface area contributed by atoms with Crippen LogP contribution in [0.3, 0.4) is 0 Å². The number of nitrogens with zero attached hydrogens (tertiary/aromatic N) is 6. The maximum Gasteiger partial charge on any atom is 0.266 e. The standard InChI is InChI=1S/C23H19F3N4OS.C17H14BrF3N4O.CH4/c1-13(15-9-6-10-16(19(15)24)20(25)26)29-21-17-11-18(32-14-7-4-3-5-8-14)23(31)30(2)22(17)28-12-27-21;1-8(9-4-3-5-10(13(9)19)14(20)21)24-15-11-6-12(18)17(26)25(2)16(11)23-7-22-15;/h3-13,20H,1-2H3,(H,27,28,29);3-8,14H,1-2H3,(H,22,23,24);1H4/t13-;8-;/m11./s1. The van der Waals surface area contributed by atoms with Crippen LogP contribution in [0.1, 0.15) is 68.5 Å². The Morgan fingerprint density at radius 3 is 1.54 bits per heavy atom. The number of fused-ring (bicyclic) bond motifs is 2. The molecule has 0 fully saturated rings. The van der Waals surface area contributed by atoms with Crippen LogP contribution in [0.2, 0.25) is 0 Å². The van der Waals surface area contributed by atoms with Crippen LogP contribution < -0.4 is 21.8 Å². The Balaban J connectivity index is 0.000000225. The van der Waals surface area contributed by atoms with E-state index in [1.807, 2.05) is 30.3 Å². The molecule has 0 radical (unpaired) electrons. The van der Waals surface area contributed by atoms with Gasteiger partial charge in [-0.25, -0.2) is 46.3 Å². The number of hydrogen-bond acceptors (Lipinski definition) is 9. The Hall–Kier alpha value is -5.75. The minimum Gasteiger partial charge on any atom is -0.363 e. The Morgan fingerprint density at radius 2 is 1.07 bits per heavy atom. The predicted octanol–water partition coefficient (Wildman–Crippen LogP) is 10.7. The van der Waals surface area contributed by atoms with Crippen molar-refractivity contribution in [3.8, 4) is 0 Å². The van der Waals surface area contributed by atoms with Gasteiger partial charge >= 0.3 is 0 Å². The van der Waals surface area contributed by atoms with Crippen molar-refractivity contribution in [1.82, 2.24) is 29.1 Å². The molecule has 0 amide bonds. The number of nitrogens with one attached hydrogen (secondary N) is 2. The van der Waals surface area contributed by atoms with Gasteiger partial charge in [0.1, 0.15) is 47.2 Å². The highest BCUT2D eigenvalue weighted by Crippen LogP contribution is 2.33. The first kappa shape index (κ1) is 44.4. The molecule has 3 aromatic carbocycles. The molecule has 18 heteroatoms. The van der Waals surface area contributed by atoms with Gasteiger partial charge in [0.05, 0.1) is 43.4 Å². The second-order valence-electron chi connectivity index (χ2n) is 12.9. The largest absolute Gasteiger partial charge is 0.363 e. The van der Waals surface area contributed by atoms with Crippen molar-refractivity contribution in [2.24, 2.45) is 14.1 Å². The second-order valence-corrected chi connectivity index (χ2v) is 14.9. The molecule has 0 saturated carbocycles. The summed E-state index contributed by atoms with van der Waals surface area (Å²) in [5, 5.41) is 7.20. The number of rotatable bonds is 10. The summed E-state index contributed by atoms with van der Waals surface area (Å²) in [4.78, 5) is 42.9. The van der Waals surface area contributed by atoms with E-state index in [1.165, 1.54) is 57.8 Å². The Bertz CT molecular complexity index is 2740. The lowest BCUT2D eigenvalue weighted by molar-refractivity contribution is 0.145. The third kappa shape index (κ3) is 9.44. The fraction of sp³-hybridized carbons (Fsp3) is 0.220. The average molecular weight is 900 g/mol. The monoisotopic (exact) mass is 898 g/mol. The van der Waals surface area contributed by atoms with Gasteiger partial charge < -0.3 is 10.6 Å². The maximum atomic E-state index is 14.6. The normalized spacial score (nSPS) is 12.2. The molecule has 7 aromatic rings. The van der Waals surface area contributed by atoms with Crippen molar-refractivity contribution < 1.29 is 26.3 Å². The molecule has 0 bridgehead atoms. The van der Waals surface area contributed by atoms with Crippen molar-refractivity contribution in [3.63, 3.8) is 0 Å². The fourth-order valence-electron chi connectivity index (χ4n) is 6.10. The van der Waals surface area contributed by atoms with Crippen LogP contribution in [0.4, 0.5) is 38.0 Å². The molecule has 0 aliphatic heterocycles. The molecule has 2 atom stereocenters. The molecule has 0 aliphatic rings. The number of alkyl halides is 4. The first-order valence-corrected chi connectivity index (χ1v) is 19.0. The van der Waals surface area contributed by atoms with Gasteiger partial charge in [0.25, 0.3) is 24.0 Å². The van der Waals surface area contributed by atoms with E-state index in [9.17, 15) is 35.9 Å². The molecule has 4 heterocycles. The van der Waals surface area contributed by atoms with Crippen molar-refractivity contribution in [1.29, 1.82) is 0 Å². The van der Waals surface area contributed by atoms with Gasteiger partial charge in [-0.2, -0.15) is 0 Å². The molecule has 0 spiro atoms. The van der Waals surface area contributed by atoms with Gasteiger partial charge in [0.2, 0.25) is 0 Å². The van der Waals surface area contributed by atoms with Crippen LogP contribution in [0.15, 0.2) is 115 Å². The summed E-state index contributed by atoms with van der Waals surface area (Å²) in [5.74, 6) is -1.17.